The van der Waals surface area contributed by atoms with Gasteiger partial charge in [-0.3, -0.25) is 14.7 Å². The molecule has 1 amide bonds. The molecular weight excluding hydrogens is 511 g/mol. The van der Waals surface area contributed by atoms with Crippen molar-refractivity contribution in [3.63, 3.8) is 0 Å². The summed E-state index contributed by atoms with van der Waals surface area (Å²) in [7, 11) is 0. The van der Waals surface area contributed by atoms with Crippen LogP contribution in [0.4, 0.5) is 19.0 Å². The second-order valence-electron chi connectivity index (χ2n) is 7.58. The Kier molecular flexibility index (Phi) is 12.2. The van der Waals surface area contributed by atoms with E-state index in [1.165, 1.54) is 6.92 Å². The molecule has 0 bridgehead atoms. The molecule has 0 N–H and O–H groups in total. The van der Waals surface area contributed by atoms with Crippen molar-refractivity contribution in [2.45, 2.75) is 66.7 Å². The van der Waals surface area contributed by atoms with Crippen LogP contribution in [0.1, 0.15) is 60.1 Å². The van der Waals surface area contributed by atoms with Gasteiger partial charge in [0.15, 0.2) is 17.4 Å². The summed E-state index contributed by atoms with van der Waals surface area (Å²) < 4.78 is 47.8. The predicted octanol–water partition coefficient (Wildman–Crippen LogP) is 8.27. The summed E-state index contributed by atoms with van der Waals surface area (Å²) in [6, 6.07) is 4.22. The predicted molar refractivity (Wildman–Crippen MR) is 143 cm³/mol. The van der Waals surface area contributed by atoms with Crippen LogP contribution in [0.2, 0.25) is 5.02 Å². The highest BCUT2D eigenvalue weighted by Gasteiger charge is 2.27. The van der Waals surface area contributed by atoms with E-state index in [1.807, 2.05) is 20.8 Å². The number of thiocarbonyl (C=S) groups is 1. The number of allylic oxidation sites excluding steroid dienone is 2. The summed E-state index contributed by atoms with van der Waals surface area (Å²) in [5.41, 5.74) is 0.0412. The summed E-state index contributed by atoms with van der Waals surface area (Å²) in [6.07, 6.45) is 4.49. The number of aryl methyl sites for hydroxylation is 1. The van der Waals surface area contributed by atoms with Gasteiger partial charge in [0.2, 0.25) is 11.8 Å². The quantitative estimate of drug-likeness (QED) is 0.224. The fourth-order valence-corrected chi connectivity index (χ4v) is 3.12. The van der Waals surface area contributed by atoms with Gasteiger partial charge in [0, 0.05) is 31.8 Å². The lowest BCUT2D eigenvalue weighted by Crippen LogP contribution is -2.29. The second-order valence-corrected chi connectivity index (χ2v) is 8.57. The van der Waals surface area contributed by atoms with E-state index in [4.69, 9.17) is 28.6 Å². The molecule has 0 unspecified atom stereocenters. The van der Waals surface area contributed by atoms with E-state index in [0.29, 0.717) is 31.2 Å². The van der Waals surface area contributed by atoms with Crippen molar-refractivity contribution in [2.75, 3.05) is 4.90 Å². The number of pyridine rings is 2. The Balaban J connectivity index is 0.00000316. The van der Waals surface area contributed by atoms with Crippen LogP contribution in [-0.2, 0) is 11.2 Å². The van der Waals surface area contributed by atoms with Gasteiger partial charge in [0.05, 0.1) is 5.69 Å². The summed E-state index contributed by atoms with van der Waals surface area (Å²) in [5, 5.41) is -0.152. The van der Waals surface area contributed by atoms with Crippen molar-refractivity contribution in [2.24, 2.45) is 0 Å². The molecule has 196 valence electrons. The van der Waals surface area contributed by atoms with Gasteiger partial charge in [-0.25, -0.2) is 13.2 Å². The Morgan fingerprint density at radius 1 is 1.33 bits per heavy atom. The Morgan fingerprint density at radius 3 is 2.53 bits per heavy atom. The number of hydrogen-bond donors (Lipinski definition) is 0. The first-order valence-corrected chi connectivity index (χ1v) is 12.2. The van der Waals surface area contributed by atoms with Crippen LogP contribution in [-0.4, -0.2) is 26.7 Å². The molecule has 36 heavy (non-hydrogen) atoms. The van der Waals surface area contributed by atoms with Crippen LogP contribution in [0, 0.1) is 5.82 Å². The Hall–Kier alpha value is -2.78. The molecule has 0 saturated carbocycles. The van der Waals surface area contributed by atoms with Crippen molar-refractivity contribution in [1.29, 1.82) is 0 Å². The highest BCUT2D eigenvalue weighted by atomic mass is 35.5. The van der Waals surface area contributed by atoms with Crippen molar-refractivity contribution in [3.8, 4) is 11.6 Å². The SMILES string of the molecule is C=C(/C=C(\C)C(C)(F)F)N(C(C)=O)c1nc(Oc2cccnc2CCC(=S)CC)c(Cl)cc1F.CC. The minimum Gasteiger partial charge on any atom is -0.436 e. The molecule has 0 saturated heterocycles. The molecule has 0 fully saturated rings. The number of anilines is 1. The van der Waals surface area contributed by atoms with Gasteiger partial charge in [-0.1, -0.05) is 51.2 Å². The lowest BCUT2D eigenvalue weighted by atomic mass is 10.1. The number of halogens is 4. The van der Waals surface area contributed by atoms with Crippen LogP contribution in [0.3, 0.4) is 0 Å². The summed E-state index contributed by atoms with van der Waals surface area (Å²) in [5.74, 6) is -5.14. The molecule has 0 aliphatic rings. The van der Waals surface area contributed by atoms with Gasteiger partial charge in [-0.05, 0) is 54.8 Å². The third kappa shape index (κ3) is 8.71. The third-order valence-electron chi connectivity index (χ3n) is 4.86. The number of carbonyl (C=O) groups excluding carboxylic acids is 1. The highest BCUT2D eigenvalue weighted by molar-refractivity contribution is 7.80. The molecule has 0 atom stereocenters. The molecule has 2 aromatic rings. The van der Waals surface area contributed by atoms with E-state index >= 15 is 0 Å². The first-order valence-electron chi connectivity index (χ1n) is 11.4. The average molecular weight is 542 g/mol. The number of rotatable bonds is 10. The second kappa shape index (κ2) is 14.1. The summed E-state index contributed by atoms with van der Waals surface area (Å²) >= 11 is 11.4. The number of carbonyl (C=O) groups is 1. The van der Waals surface area contributed by atoms with Gasteiger partial charge in [-0.2, -0.15) is 4.98 Å². The molecule has 2 aromatic heterocycles. The minimum atomic E-state index is -3.15. The smallest absolute Gasteiger partial charge is 0.266 e. The molecule has 5 nitrogen and oxygen atoms in total. The number of ether oxygens (including phenoxy) is 1. The minimum absolute atomic E-state index is 0.152. The number of aromatic nitrogens is 2. The van der Waals surface area contributed by atoms with Gasteiger partial charge in [-0.15, -0.1) is 0 Å². The van der Waals surface area contributed by atoms with Crippen LogP contribution < -0.4 is 9.64 Å². The number of nitrogens with zero attached hydrogens (tertiary/aromatic N) is 3. The fraction of sp³-hybridized carbons (Fsp3) is 0.385. The number of hydrogen-bond acceptors (Lipinski definition) is 5. The Morgan fingerprint density at radius 2 is 1.97 bits per heavy atom. The topological polar surface area (TPSA) is 55.3 Å². The third-order valence-corrected chi connectivity index (χ3v) is 5.62. The fourth-order valence-electron chi connectivity index (χ4n) is 2.84. The van der Waals surface area contributed by atoms with Crippen molar-refractivity contribution >= 4 is 40.4 Å². The maximum absolute atomic E-state index is 14.8. The summed E-state index contributed by atoms with van der Waals surface area (Å²) in [6.45, 7) is 12.6. The summed E-state index contributed by atoms with van der Waals surface area (Å²) in [4.78, 5) is 22.3. The Labute approximate surface area is 221 Å². The lowest BCUT2D eigenvalue weighted by Gasteiger charge is -2.23. The van der Waals surface area contributed by atoms with Crippen molar-refractivity contribution < 1.29 is 22.7 Å². The molecule has 0 radical (unpaired) electrons. The average Bonchev–Trinajstić information content (AvgIpc) is 2.81. The molecular formula is C26H31ClF3N3O2S. The normalized spacial score (nSPS) is 11.3. The van der Waals surface area contributed by atoms with Crippen molar-refractivity contribution in [1.82, 2.24) is 9.97 Å². The first kappa shape index (κ1) is 31.3. The molecule has 0 aliphatic heterocycles. The molecule has 0 spiro atoms. The van der Waals surface area contributed by atoms with E-state index in [9.17, 15) is 18.0 Å². The van der Waals surface area contributed by atoms with Gasteiger partial charge in [0.1, 0.15) is 5.02 Å². The largest absolute Gasteiger partial charge is 0.436 e. The van der Waals surface area contributed by atoms with E-state index in [-0.39, 0.29) is 22.2 Å². The number of alkyl halides is 2. The van der Waals surface area contributed by atoms with Gasteiger partial charge < -0.3 is 4.74 Å². The zero-order valence-electron chi connectivity index (χ0n) is 21.3. The molecule has 0 aliphatic carbocycles. The molecule has 2 heterocycles. The zero-order chi connectivity index (χ0) is 27.6. The van der Waals surface area contributed by atoms with E-state index < -0.39 is 23.5 Å². The van der Waals surface area contributed by atoms with Crippen molar-refractivity contribution in [3.05, 3.63) is 64.9 Å². The maximum Gasteiger partial charge on any atom is 0.266 e. The van der Waals surface area contributed by atoms with Gasteiger partial charge >= 0.3 is 0 Å². The highest BCUT2D eigenvalue weighted by Crippen LogP contribution is 2.35. The Bertz CT molecular complexity index is 1130. The van der Waals surface area contributed by atoms with E-state index in [0.717, 1.165) is 35.3 Å². The number of amides is 1. The monoisotopic (exact) mass is 541 g/mol. The van der Waals surface area contributed by atoms with E-state index in [1.54, 1.807) is 18.3 Å². The first-order chi connectivity index (χ1) is 16.8. The van der Waals surface area contributed by atoms with E-state index in [2.05, 4.69) is 16.5 Å². The zero-order valence-corrected chi connectivity index (χ0v) is 22.9. The van der Waals surface area contributed by atoms with Crippen LogP contribution in [0.5, 0.6) is 11.6 Å². The van der Waals surface area contributed by atoms with Crippen LogP contribution in [0.25, 0.3) is 0 Å². The lowest BCUT2D eigenvalue weighted by molar-refractivity contribution is -0.116. The van der Waals surface area contributed by atoms with Gasteiger partial charge in [0.25, 0.3) is 5.92 Å². The van der Waals surface area contributed by atoms with Crippen LogP contribution in [0.15, 0.2) is 48.3 Å². The molecule has 10 heteroatoms. The van der Waals surface area contributed by atoms with Crippen LogP contribution >= 0.6 is 23.8 Å². The molecule has 2 rings (SSSR count). The maximum atomic E-state index is 14.8. The standard InChI is InChI=1S/C24H25ClF3N3O2S.C2H6/c1-6-17(34)9-10-20-21(8-7-11-29-20)33-23-18(25)13-19(26)22(30-23)31(16(4)32)15(3)12-14(2)24(5,27)28;1-2/h7-8,11-13H,3,6,9-10H2,1-2,4-5H3;1-2H3/b14-12+;. The molecule has 0 aromatic carbocycles.